The number of hydrogen-bond acceptors (Lipinski definition) is 5. The maximum Gasteiger partial charge on any atom is 0.225 e. The van der Waals surface area contributed by atoms with Gasteiger partial charge in [0, 0.05) is 30.2 Å². The van der Waals surface area contributed by atoms with Crippen molar-refractivity contribution in [2.24, 2.45) is 0 Å². The van der Waals surface area contributed by atoms with Crippen LogP contribution in [-0.4, -0.2) is 28.4 Å². The van der Waals surface area contributed by atoms with Crippen LogP contribution in [0, 0.1) is 0 Å². The number of anilines is 1. The normalized spacial score (nSPS) is 24.9. The molecule has 0 radical (unpaired) electrons. The molecule has 2 N–H and O–H groups in total. The molecule has 3 atom stereocenters. The lowest BCUT2D eigenvalue weighted by Crippen LogP contribution is -2.33. The van der Waals surface area contributed by atoms with Gasteiger partial charge in [-0.3, -0.25) is 9.59 Å². The number of nitrogens with zero attached hydrogens (tertiary/aromatic N) is 1. The molecule has 7 heteroatoms. The Bertz CT molecular complexity index is 1050. The maximum atomic E-state index is 12.3. The Morgan fingerprint density at radius 1 is 1.32 bits per heavy atom. The first-order valence-corrected chi connectivity index (χ1v) is 11.1. The summed E-state index contributed by atoms with van der Waals surface area (Å²) in [7, 11) is 0. The summed E-state index contributed by atoms with van der Waals surface area (Å²) in [6, 6.07) is 7.63. The molecule has 3 heterocycles. The fourth-order valence-corrected chi connectivity index (χ4v) is 4.76. The van der Waals surface area contributed by atoms with Crippen molar-refractivity contribution in [3.63, 3.8) is 0 Å². The van der Waals surface area contributed by atoms with Gasteiger partial charge in [-0.25, -0.2) is 4.98 Å². The number of aromatic nitrogens is 1. The lowest BCUT2D eigenvalue weighted by molar-refractivity contribution is -0.121. The summed E-state index contributed by atoms with van der Waals surface area (Å²) >= 11 is 0. The van der Waals surface area contributed by atoms with Gasteiger partial charge in [0.25, 0.3) is 0 Å². The van der Waals surface area contributed by atoms with Crippen molar-refractivity contribution in [2.45, 2.75) is 69.9 Å². The molecule has 31 heavy (non-hydrogen) atoms. The molecule has 1 unspecified atom stereocenters. The highest BCUT2D eigenvalue weighted by atomic mass is 16.5. The van der Waals surface area contributed by atoms with E-state index in [1.54, 1.807) is 6.20 Å². The standard InChI is InChI=1S/C24H27N3O4/c1-3-4-5-6-19(28)26-22-21-16-13-14(7-9-18(16)31-24(21,22)2)30-17-11-12-25-23-15(17)8-10-20(29)27-23/h7,9,11-13,21-22H,3-6,8,10H2,1-2H3,(H,26,28)(H,25,27,29)/t21-,22-,24?/m0/s1. The fraction of sp³-hybridized carbons (Fsp3) is 0.458. The van der Waals surface area contributed by atoms with Gasteiger partial charge in [-0.2, -0.15) is 0 Å². The highest BCUT2D eigenvalue weighted by Crippen LogP contribution is 2.62. The van der Waals surface area contributed by atoms with Crippen LogP contribution >= 0.6 is 0 Å². The number of rotatable bonds is 7. The third-order valence-electron chi connectivity index (χ3n) is 6.53. The van der Waals surface area contributed by atoms with Gasteiger partial charge in [-0.05, 0) is 44.0 Å². The second-order valence-corrected chi connectivity index (χ2v) is 8.75. The molecule has 7 nitrogen and oxygen atoms in total. The summed E-state index contributed by atoms with van der Waals surface area (Å²) in [5.41, 5.74) is 1.59. The molecule has 2 amide bonds. The van der Waals surface area contributed by atoms with Crippen LogP contribution in [0.15, 0.2) is 30.5 Å². The van der Waals surface area contributed by atoms with E-state index in [1.807, 2.05) is 24.3 Å². The van der Waals surface area contributed by atoms with Crippen molar-refractivity contribution >= 4 is 17.6 Å². The van der Waals surface area contributed by atoms with Crippen LogP contribution in [0.4, 0.5) is 5.82 Å². The molecule has 1 fully saturated rings. The van der Waals surface area contributed by atoms with Gasteiger partial charge in [0.2, 0.25) is 11.8 Å². The Hall–Kier alpha value is -3.09. The second-order valence-electron chi connectivity index (χ2n) is 8.75. The SMILES string of the molecule is CCCCCC(=O)N[C@H]1[C@@H]2c3cc(Oc4ccnc5c4CCC(=O)N5)ccc3OC12C. The van der Waals surface area contributed by atoms with Crippen LogP contribution in [-0.2, 0) is 16.0 Å². The second kappa shape index (κ2) is 7.55. The van der Waals surface area contributed by atoms with E-state index >= 15 is 0 Å². The number of hydrogen-bond donors (Lipinski definition) is 2. The van der Waals surface area contributed by atoms with Gasteiger partial charge in [0.15, 0.2) is 0 Å². The number of pyridine rings is 1. The molecule has 0 saturated heterocycles. The minimum absolute atomic E-state index is 0.00623. The Morgan fingerprint density at radius 2 is 2.19 bits per heavy atom. The maximum absolute atomic E-state index is 12.3. The van der Waals surface area contributed by atoms with E-state index in [0.717, 1.165) is 36.1 Å². The monoisotopic (exact) mass is 421 g/mol. The van der Waals surface area contributed by atoms with Gasteiger partial charge >= 0.3 is 0 Å². The molecule has 1 saturated carbocycles. The van der Waals surface area contributed by atoms with Crippen LogP contribution in [0.25, 0.3) is 0 Å². The summed E-state index contributed by atoms with van der Waals surface area (Å²) in [6.45, 7) is 4.18. The number of carbonyl (C=O) groups excluding carboxylic acids is 2. The van der Waals surface area contributed by atoms with Crippen LogP contribution in [0.1, 0.15) is 63.0 Å². The Kier molecular flexibility index (Phi) is 4.84. The molecule has 2 aliphatic heterocycles. The van der Waals surface area contributed by atoms with Crippen molar-refractivity contribution in [1.29, 1.82) is 0 Å². The number of unbranched alkanes of at least 4 members (excludes halogenated alkanes) is 2. The van der Waals surface area contributed by atoms with Gasteiger partial charge in [-0.1, -0.05) is 19.8 Å². The number of carbonyl (C=O) groups is 2. The largest absolute Gasteiger partial charge is 0.484 e. The average molecular weight is 421 g/mol. The van der Waals surface area contributed by atoms with Crippen molar-refractivity contribution < 1.29 is 19.1 Å². The van der Waals surface area contributed by atoms with Gasteiger partial charge < -0.3 is 20.1 Å². The molecule has 0 bridgehead atoms. The summed E-state index contributed by atoms with van der Waals surface area (Å²) in [5.74, 6) is 3.02. The van der Waals surface area contributed by atoms with E-state index in [4.69, 9.17) is 9.47 Å². The van der Waals surface area contributed by atoms with Gasteiger partial charge in [-0.15, -0.1) is 0 Å². The van der Waals surface area contributed by atoms with E-state index in [9.17, 15) is 9.59 Å². The topological polar surface area (TPSA) is 89.5 Å². The van der Waals surface area contributed by atoms with Gasteiger partial charge in [0.1, 0.15) is 28.7 Å². The first-order chi connectivity index (χ1) is 15.0. The quantitative estimate of drug-likeness (QED) is 0.658. The predicted molar refractivity (Wildman–Crippen MR) is 116 cm³/mol. The lowest BCUT2D eigenvalue weighted by atomic mass is 10.1. The zero-order valence-corrected chi connectivity index (χ0v) is 17.9. The van der Waals surface area contributed by atoms with Crippen molar-refractivity contribution in [3.05, 3.63) is 41.6 Å². The minimum Gasteiger partial charge on any atom is -0.484 e. The third-order valence-corrected chi connectivity index (χ3v) is 6.53. The Morgan fingerprint density at radius 3 is 3.03 bits per heavy atom. The minimum atomic E-state index is -0.387. The van der Waals surface area contributed by atoms with E-state index in [1.165, 1.54) is 0 Å². The number of nitrogens with one attached hydrogen (secondary N) is 2. The van der Waals surface area contributed by atoms with Crippen molar-refractivity contribution in [3.8, 4) is 17.2 Å². The summed E-state index contributed by atoms with van der Waals surface area (Å²) in [4.78, 5) is 28.2. The molecule has 1 aromatic heterocycles. The van der Waals surface area contributed by atoms with E-state index in [0.29, 0.717) is 36.6 Å². The third kappa shape index (κ3) is 3.52. The fourth-order valence-electron chi connectivity index (χ4n) is 4.76. The van der Waals surface area contributed by atoms with E-state index in [2.05, 4.69) is 29.5 Å². The van der Waals surface area contributed by atoms with Crippen LogP contribution < -0.4 is 20.1 Å². The predicted octanol–water partition coefficient (Wildman–Crippen LogP) is 4.07. The van der Waals surface area contributed by atoms with Crippen LogP contribution in [0.3, 0.4) is 0 Å². The molecule has 5 rings (SSSR count). The van der Waals surface area contributed by atoms with Crippen LogP contribution in [0.5, 0.6) is 17.2 Å². The number of amides is 2. The molecule has 1 aromatic carbocycles. The molecule has 0 spiro atoms. The number of fused-ring (bicyclic) bond motifs is 4. The zero-order chi connectivity index (χ0) is 21.6. The van der Waals surface area contributed by atoms with Gasteiger partial charge in [0.05, 0.1) is 12.0 Å². The highest BCUT2D eigenvalue weighted by Gasteiger charge is 2.70. The summed E-state index contributed by atoms with van der Waals surface area (Å²) in [5, 5.41) is 5.96. The molecule has 3 aliphatic rings. The van der Waals surface area contributed by atoms with Crippen LogP contribution in [0.2, 0.25) is 0 Å². The summed E-state index contributed by atoms with van der Waals surface area (Å²) in [6.07, 6.45) is 6.32. The molecule has 162 valence electrons. The number of ether oxygens (including phenoxy) is 2. The molecule has 2 aromatic rings. The molecular formula is C24H27N3O4. The lowest BCUT2D eigenvalue weighted by Gasteiger charge is -2.19. The zero-order valence-electron chi connectivity index (χ0n) is 17.9. The Balaban J connectivity index is 1.31. The summed E-state index contributed by atoms with van der Waals surface area (Å²) < 4.78 is 12.4. The molecular weight excluding hydrogens is 394 g/mol. The highest BCUT2D eigenvalue weighted by molar-refractivity contribution is 5.93. The molecule has 1 aliphatic carbocycles. The first kappa shape index (κ1) is 19.8. The smallest absolute Gasteiger partial charge is 0.225 e. The van der Waals surface area contributed by atoms with Crippen molar-refractivity contribution in [1.82, 2.24) is 10.3 Å². The van der Waals surface area contributed by atoms with E-state index < -0.39 is 0 Å². The Labute approximate surface area is 181 Å². The number of benzene rings is 1. The average Bonchev–Trinajstić information content (AvgIpc) is 3.16. The van der Waals surface area contributed by atoms with E-state index in [-0.39, 0.29) is 29.4 Å². The van der Waals surface area contributed by atoms with Crippen molar-refractivity contribution in [2.75, 3.05) is 5.32 Å². The first-order valence-electron chi connectivity index (χ1n) is 11.1.